The molecule has 0 radical (unpaired) electrons. The number of nitrogen functional groups attached to an aromatic ring is 1. The molecular weight excluding hydrogens is 332 g/mol. The summed E-state index contributed by atoms with van der Waals surface area (Å²) in [5, 5.41) is 0.500. The minimum absolute atomic E-state index is 0.0614. The Kier molecular flexibility index (Phi) is 3.69. The van der Waals surface area contributed by atoms with Crippen molar-refractivity contribution < 1.29 is 13.2 Å². The number of nitrogens with zero attached hydrogens (tertiary/aromatic N) is 1. The molecule has 0 aliphatic carbocycles. The van der Waals surface area contributed by atoms with Crippen molar-refractivity contribution in [2.45, 2.75) is 23.0 Å². The van der Waals surface area contributed by atoms with Crippen molar-refractivity contribution in [3.63, 3.8) is 0 Å². The van der Waals surface area contributed by atoms with Gasteiger partial charge in [0, 0.05) is 16.6 Å². The summed E-state index contributed by atoms with van der Waals surface area (Å²) in [7, 11) is -3.71. The lowest BCUT2D eigenvalue weighted by Crippen LogP contribution is -2.02. The van der Waals surface area contributed by atoms with Gasteiger partial charge < -0.3 is 5.73 Å². The average Bonchev–Trinajstić information content (AvgIpc) is 2.84. The van der Waals surface area contributed by atoms with E-state index in [0.29, 0.717) is 21.5 Å². The quantitative estimate of drug-likeness (QED) is 0.735. The molecule has 0 amide bonds. The molecular formula is C16H14N2O3S2. The molecule has 0 saturated heterocycles. The van der Waals surface area contributed by atoms with Crippen LogP contribution in [0.25, 0.3) is 10.2 Å². The summed E-state index contributed by atoms with van der Waals surface area (Å²) >= 11 is 1.02. The number of benzene rings is 1. The van der Waals surface area contributed by atoms with E-state index in [1.807, 2.05) is 0 Å². The van der Waals surface area contributed by atoms with Gasteiger partial charge >= 0.3 is 0 Å². The van der Waals surface area contributed by atoms with Gasteiger partial charge in [-0.05, 0) is 32.0 Å². The molecule has 0 aliphatic rings. The van der Waals surface area contributed by atoms with Crippen molar-refractivity contribution >= 4 is 42.9 Å². The molecule has 0 bridgehead atoms. The molecule has 5 nitrogen and oxygen atoms in total. The zero-order chi connectivity index (χ0) is 16.8. The van der Waals surface area contributed by atoms with Crippen LogP contribution in [0.1, 0.15) is 23.0 Å². The highest BCUT2D eigenvalue weighted by Crippen LogP contribution is 2.39. The van der Waals surface area contributed by atoms with E-state index >= 15 is 0 Å². The van der Waals surface area contributed by atoms with E-state index in [9.17, 15) is 13.2 Å². The normalized spacial score (nSPS) is 11.7. The van der Waals surface area contributed by atoms with E-state index in [1.165, 1.54) is 19.1 Å². The second kappa shape index (κ2) is 5.43. The van der Waals surface area contributed by atoms with Crippen molar-refractivity contribution in [1.29, 1.82) is 0 Å². The molecule has 1 aromatic carbocycles. The standard InChI is InChI=1S/C16H14N2O3S2/c1-9-12(10(2)19)8-13-14(17)16(22-15(13)18-9)23(20,21)11-6-4-3-5-7-11/h3-8H,17H2,1-2H3. The number of fused-ring (bicyclic) bond motifs is 1. The fourth-order valence-corrected chi connectivity index (χ4v) is 5.32. The van der Waals surface area contributed by atoms with E-state index in [-0.39, 0.29) is 20.6 Å². The van der Waals surface area contributed by atoms with E-state index in [1.54, 1.807) is 31.2 Å². The van der Waals surface area contributed by atoms with Crippen LogP contribution in [0.15, 0.2) is 45.5 Å². The Morgan fingerprint density at radius 3 is 2.48 bits per heavy atom. The van der Waals surface area contributed by atoms with Gasteiger partial charge in [-0.25, -0.2) is 13.4 Å². The zero-order valence-electron chi connectivity index (χ0n) is 12.5. The Balaban J connectivity index is 2.28. The maximum absolute atomic E-state index is 12.8. The number of aryl methyl sites for hydroxylation is 1. The predicted molar refractivity (Wildman–Crippen MR) is 90.7 cm³/mol. The molecule has 0 saturated carbocycles. The summed E-state index contributed by atoms with van der Waals surface area (Å²) in [6, 6.07) is 9.74. The number of sulfone groups is 1. The number of anilines is 1. The predicted octanol–water partition coefficient (Wildman–Crippen LogP) is 3.22. The van der Waals surface area contributed by atoms with Gasteiger partial charge in [0.15, 0.2) is 5.78 Å². The lowest BCUT2D eigenvalue weighted by atomic mass is 10.1. The van der Waals surface area contributed by atoms with Crippen LogP contribution < -0.4 is 5.73 Å². The minimum Gasteiger partial charge on any atom is -0.396 e. The van der Waals surface area contributed by atoms with Crippen molar-refractivity contribution in [1.82, 2.24) is 4.98 Å². The lowest BCUT2D eigenvalue weighted by molar-refractivity contribution is 0.101. The van der Waals surface area contributed by atoms with Crippen molar-refractivity contribution in [2.75, 3.05) is 5.73 Å². The number of carbonyl (C=O) groups is 1. The third kappa shape index (κ3) is 2.51. The first kappa shape index (κ1) is 15.6. The highest BCUT2D eigenvalue weighted by molar-refractivity contribution is 7.93. The van der Waals surface area contributed by atoms with Crippen LogP contribution >= 0.6 is 11.3 Å². The van der Waals surface area contributed by atoms with Crippen LogP contribution in [-0.4, -0.2) is 19.2 Å². The van der Waals surface area contributed by atoms with Gasteiger partial charge in [0.05, 0.1) is 10.6 Å². The molecule has 0 unspecified atom stereocenters. The van der Waals surface area contributed by atoms with Crippen LogP contribution in [0.3, 0.4) is 0 Å². The van der Waals surface area contributed by atoms with Crippen LogP contribution in [0.4, 0.5) is 5.69 Å². The summed E-state index contributed by atoms with van der Waals surface area (Å²) in [5.41, 5.74) is 7.22. The number of hydrogen-bond acceptors (Lipinski definition) is 6. The number of carbonyl (C=O) groups excluding carboxylic acids is 1. The second-order valence-electron chi connectivity index (χ2n) is 5.15. The number of rotatable bonds is 3. The maximum Gasteiger partial charge on any atom is 0.218 e. The van der Waals surface area contributed by atoms with Crippen LogP contribution in [0.5, 0.6) is 0 Å². The van der Waals surface area contributed by atoms with Gasteiger partial charge in [-0.3, -0.25) is 4.79 Å². The molecule has 0 fully saturated rings. The van der Waals surface area contributed by atoms with Crippen LogP contribution in [0, 0.1) is 6.92 Å². The Labute approximate surface area is 137 Å². The summed E-state index contributed by atoms with van der Waals surface area (Å²) in [4.78, 5) is 16.7. The van der Waals surface area contributed by atoms with E-state index in [0.717, 1.165) is 11.3 Å². The molecule has 7 heteroatoms. The number of Topliss-reactive ketones (excluding diaryl/α,β-unsaturated/α-hetero) is 1. The van der Waals surface area contributed by atoms with Gasteiger partial charge in [-0.2, -0.15) is 0 Å². The van der Waals surface area contributed by atoms with Gasteiger partial charge in [0.25, 0.3) is 0 Å². The Bertz CT molecular complexity index is 1020. The number of thiophene rings is 1. The largest absolute Gasteiger partial charge is 0.396 e. The molecule has 0 atom stereocenters. The molecule has 2 heterocycles. The molecule has 0 spiro atoms. The van der Waals surface area contributed by atoms with Crippen LogP contribution in [0.2, 0.25) is 0 Å². The molecule has 23 heavy (non-hydrogen) atoms. The van der Waals surface area contributed by atoms with Crippen molar-refractivity contribution in [3.05, 3.63) is 47.7 Å². The fourth-order valence-electron chi connectivity index (χ4n) is 2.37. The highest BCUT2D eigenvalue weighted by Gasteiger charge is 2.25. The minimum atomic E-state index is -3.71. The number of ketones is 1. The summed E-state index contributed by atoms with van der Waals surface area (Å²) < 4.78 is 25.6. The van der Waals surface area contributed by atoms with Crippen LogP contribution in [-0.2, 0) is 9.84 Å². The average molecular weight is 346 g/mol. The molecule has 2 aromatic heterocycles. The third-order valence-electron chi connectivity index (χ3n) is 3.55. The molecule has 118 valence electrons. The monoisotopic (exact) mass is 346 g/mol. The van der Waals surface area contributed by atoms with Gasteiger partial charge in [0.2, 0.25) is 9.84 Å². The van der Waals surface area contributed by atoms with E-state index in [2.05, 4.69) is 4.98 Å². The first-order valence-electron chi connectivity index (χ1n) is 6.83. The van der Waals surface area contributed by atoms with Crippen molar-refractivity contribution in [3.8, 4) is 0 Å². The number of hydrogen-bond donors (Lipinski definition) is 1. The topological polar surface area (TPSA) is 90.1 Å². The molecule has 3 rings (SSSR count). The summed E-state index contributed by atoms with van der Waals surface area (Å²) in [5.74, 6) is -0.130. The molecule has 3 aromatic rings. The molecule has 0 aliphatic heterocycles. The lowest BCUT2D eigenvalue weighted by Gasteiger charge is -2.03. The van der Waals surface area contributed by atoms with Gasteiger partial charge in [-0.15, -0.1) is 11.3 Å². The van der Waals surface area contributed by atoms with E-state index < -0.39 is 9.84 Å². The Hall–Kier alpha value is -2.25. The first-order chi connectivity index (χ1) is 10.8. The SMILES string of the molecule is CC(=O)c1cc2c(N)c(S(=O)(=O)c3ccccc3)sc2nc1C. The number of aromatic nitrogens is 1. The van der Waals surface area contributed by atoms with Gasteiger partial charge in [-0.1, -0.05) is 18.2 Å². The van der Waals surface area contributed by atoms with E-state index in [4.69, 9.17) is 5.73 Å². The second-order valence-corrected chi connectivity index (χ2v) is 8.29. The van der Waals surface area contributed by atoms with Gasteiger partial charge in [0.1, 0.15) is 9.04 Å². The fraction of sp³-hybridized carbons (Fsp3) is 0.125. The smallest absolute Gasteiger partial charge is 0.218 e. The summed E-state index contributed by atoms with van der Waals surface area (Å²) in [6.45, 7) is 3.16. The Morgan fingerprint density at radius 1 is 1.22 bits per heavy atom. The summed E-state index contributed by atoms with van der Waals surface area (Å²) in [6.07, 6.45) is 0. The number of pyridine rings is 1. The zero-order valence-corrected chi connectivity index (χ0v) is 14.2. The van der Waals surface area contributed by atoms with Crippen molar-refractivity contribution in [2.24, 2.45) is 0 Å². The third-order valence-corrected chi connectivity index (χ3v) is 6.97. The number of nitrogens with two attached hydrogens (primary N) is 1. The molecule has 2 N–H and O–H groups in total. The first-order valence-corrected chi connectivity index (χ1v) is 9.13. The Morgan fingerprint density at radius 2 is 1.87 bits per heavy atom. The highest BCUT2D eigenvalue weighted by atomic mass is 32.2. The maximum atomic E-state index is 12.8.